The van der Waals surface area contributed by atoms with Crippen molar-refractivity contribution in [3.63, 3.8) is 0 Å². The zero-order valence-electron chi connectivity index (χ0n) is 6.59. The second kappa shape index (κ2) is 2.25. The molecular weight excluding hydrogens is 130 g/mol. The Morgan fingerprint density at radius 1 is 1.70 bits per heavy atom. The van der Waals surface area contributed by atoms with Crippen molar-refractivity contribution < 1.29 is 10.0 Å². The van der Waals surface area contributed by atoms with Crippen molar-refractivity contribution in [2.75, 3.05) is 6.54 Å². The summed E-state index contributed by atoms with van der Waals surface area (Å²) in [5.41, 5.74) is 0.0110. The highest BCUT2D eigenvalue weighted by Gasteiger charge is 2.24. The number of hydroxylamine groups is 2. The lowest BCUT2D eigenvalue weighted by Crippen LogP contribution is -2.34. The van der Waals surface area contributed by atoms with Gasteiger partial charge in [-0.3, -0.25) is 5.21 Å². The molecule has 0 aliphatic carbocycles. The molecule has 3 heteroatoms. The fourth-order valence-electron chi connectivity index (χ4n) is 1.17. The largest absolute Gasteiger partial charge is 0.386 e. The molecule has 0 fully saturated rings. The van der Waals surface area contributed by atoms with Gasteiger partial charge < -0.3 is 4.84 Å². The average molecular weight is 143 g/mol. The Morgan fingerprint density at radius 2 is 2.30 bits per heavy atom. The number of allylic oxidation sites excluding steroid dienone is 1. The van der Waals surface area contributed by atoms with Crippen molar-refractivity contribution >= 4 is 0 Å². The van der Waals surface area contributed by atoms with E-state index in [-0.39, 0.29) is 5.41 Å². The highest BCUT2D eigenvalue weighted by molar-refractivity contribution is 5.01. The average Bonchev–Trinajstić information content (AvgIpc) is 1.54. The first-order chi connectivity index (χ1) is 4.49. The monoisotopic (exact) mass is 143 g/mol. The standard InChI is InChI=1S/C7H13NO2/c1-6-4-7(2,3)5-8(9)10-6/h4,9H,5H2,1-3H3. The predicted molar refractivity (Wildman–Crippen MR) is 37.1 cm³/mol. The summed E-state index contributed by atoms with van der Waals surface area (Å²) in [7, 11) is 0. The zero-order valence-corrected chi connectivity index (χ0v) is 6.59. The Bertz CT molecular complexity index is 163. The van der Waals surface area contributed by atoms with Crippen molar-refractivity contribution in [2.45, 2.75) is 20.8 Å². The maximum Gasteiger partial charge on any atom is 0.121 e. The quantitative estimate of drug-likeness (QED) is 0.558. The third kappa shape index (κ3) is 1.72. The minimum Gasteiger partial charge on any atom is -0.386 e. The summed E-state index contributed by atoms with van der Waals surface area (Å²) in [5.74, 6) is 0.749. The van der Waals surface area contributed by atoms with Gasteiger partial charge in [0.15, 0.2) is 0 Å². The van der Waals surface area contributed by atoms with E-state index < -0.39 is 0 Å². The Balaban J connectivity index is 2.74. The minimum absolute atomic E-state index is 0.0110. The summed E-state index contributed by atoms with van der Waals surface area (Å²) in [6, 6.07) is 0. The van der Waals surface area contributed by atoms with Crippen LogP contribution >= 0.6 is 0 Å². The Morgan fingerprint density at radius 3 is 2.70 bits per heavy atom. The van der Waals surface area contributed by atoms with Crippen molar-refractivity contribution in [3.05, 3.63) is 11.8 Å². The van der Waals surface area contributed by atoms with Gasteiger partial charge in [0, 0.05) is 5.41 Å². The van der Waals surface area contributed by atoms with Crippen LogP contribution < -0.4 is 0 Å². The first-order valence-electron chi connectivity index (χ1n) is 3.33. The number of nitrogens with zero attached hydrogens (tertiary/aromatic N) is 1. The molecule has 10 heavy (non-hydrogen) atoms. The van der Waals surface area contributed by atoms with Crippen LogP contribution in [0.2, 0.25) is 0 Å². The van der Waals surface area contributed by atoms with Crippen molar-refractivity contribution in [1.82, 2.24) is 5.23 Å². The van der Waals surface area contributed by atoms with Crippen molar-refractivity contribution in [3.8, 4) is 0 Å². The van der Waals surface area contributed by atoms with E-state index in [4.69, 9.17) is 10.0 Å². The van der Waals surface area contributed by atoms with Gasteiger partial charge in [0.2, 0.25) is 0 Å². The van der Waals surface area contributed by atoms with E-state index in [9.17, 15) is 0 Å². The summed E-state index contributed by atoms with van der Waals surface area (Å²) < 4.78 is 0. The molecular formula is C7H13NO2. The molecule has 0 unspecified atom stereocenters. The molecule has 0 saturated heterocycles. The van der Waals surface area contributed by atoms with Gasteiger partial charge in [-0.25, -0.2) is 0 Å². The highest BCUT2D eigenvalue weighted by atomic mass is 16.9. The summed E-state index contributed by atoms with van der Waals surface area (Å²) in [4.78, 5) is 4.87. The van der Waals surface area contributed by atoms with Gasteiger partial charge in [-0.15, -0.1) is 0 Å². The highest BCUT2D eigenvalue weighted by Crippen LogP contribution is 2.25. The second-order valence-corrected chi connectivity index (χ2v) is 3.35. The van der Waals surface area contributed by atoms with Crippen LogP contribution in [-0.2, 0) is 4.84 Å². The van der Waals surface area contributed by atoms with E-state index in [1.54, 1.807) is 0 Å². The van der Waals surface area contributed by atoms with E-state index >= 15 is 0 Å². The van der Waals surface area contributed by atoms with Crippen molar-refractivity contribution in [1.29, 1.82) is 0 Å². The third-order valence-corrected chi connectivity index (χ3v) is 1.39. The molecule has 1 aliphatic rings. The van der Waals surface area contributed by atoms with Gasteiger partial charge in [0.05, 0.1) is 6.54 Å². The Hall–Kier alpha value is -0.540. The fraction of sp³-hybridized carbons (Fsp3) is 0.714. The third-order valence-electron chi connectivity index (χ3n) is 1.39. The molecule has 0 saturated carbocycles. The molecule has 1 heterocycles. The van der Waals surface area contributed by atoms with E-state index in [0.29, 0.717) is 6.54 Å². The fourth-order valence-corrected chi connectivity index (χ4v) is 1.17. The van der Waals surface area contributed by atoms with Crippen LogP contribution in [0.15, 0.2) is 11.8 Å². The lowest BCUT2D eigenvalue weighted by atomic mass is 9.92. The van der Waals surface area contributed by atoms with E-state index in [1.807, 2.05) is 26.8 Å². The van der Waals surface area contributed by atoms with Gasteiger partial charge in [-0.1, -0.05) is 13.8 Å². The zero-order chi connectivity index (χ0) is 7.78. The topological polar surface area (TPSA) is 32.7 Å². The smallest absolute Gasteiger partial charge is 0.121 e. The summed E-state index contributed by atoms with van der Waals surface area (Å²) in [5, 5.41) is 9.86. The molecule has 1 rings (SSSR count). The first kappa shape index (κ1) is 7.57. The van der Waals surface area contributed by atoms with Gasteiger partial charge in [-0.05, 0) is 18.2 Å². The van der Waals surface area contributed by atoms with E-state index in [0.717, 1.165) is 11.0 Å². The maximum absolute atomic E-state index is 8.99. The van der Waals surface area contributed by atoms with E-state index in [1.165, 1.54) is 0 Å². The van der Waals surface area contributed by atoms with Gasteiger partial charge in [0.1, 0.15) is 5.76 Å². The first-order valence-corrected chi connectivity index (χ1v) is 3.33. The van der Waals surface area contributed by atoms with Gasteiger partial charge >= 0.3 is 0 Å². The number of hydrogen-bond acceptors (Lipinski definition) is 3. The molecule has 0 radical (unpaired) electrons. The van der Waals surface area contributed by atoms with Crippen molar-refractivity contribution in [2.24, 2.45) is 5.41 Å². The SMILES string of the molecule is CC1=CC(C)(C)CN(O)O1. The minimum atomic E-state index is 0.0110. The molecule has 0 aromatic heterocycles. The molecule has 58 valence electrons. The maximum atomic E-state index is 8.99. The lowest BCUT2D eigenvalue weighted by Gasteiger charge is -2.30. The molecule has 0 amide bonds. The number of rotatable bonds is 0. The van der Waals surface area contributed by atoms with Crippen LogP contribution in [0.4, 0.5) is 0 Å². The van der Waals surface area contributed by atoms with Crippen LogP contribution in [-0.4, -0.2) is 17.0 Å². The molecule has 0 aromatic rings. The van der Waals surface area contributed by atoms with Crippen LogP contribution in [0, 0.1) is 5.41 Å². The van der Waals surface area contributed by atoms with Crippen LogP contribution in [0.3, 0.4) is 0 Å². The predicted octanol–water partition coefficient (Wildman–Crippen LogP) is 1.55. The summed E-state index contributed by atoms with van der Waals surface area (Å²) >= 11 is 0. The van der Waals surface area contributed by atoms with Crippen LogP contribution in [0.25, 0.3) is 0 Å². The molecule has 0 atom stereocenters. The van der Waals surface area contributed by atoms with E-state index in [2.05, 4.69) is 0 Å². The molecule has 3 nitrogen and oxygen atoms in total. The molecule has 0 bridgehead atoms. The molecule has 1 aliphatic heterocycles. The molecule has 0 spiro atoms. The van der Waals surface area contributed by atoms with Crippen LogP contribution in [0.5, 0.6) is 0 Å². The van der Waals surface area contributed by atoms with Gasteiger partial charge in [0.25, 0.3) is 0 Å². The molecule has 1 N–H and O–H groups in total. The second-order valence-electron chi connectivity index (χ2n) is 3.35. The lowest BCUT2D eigenvalue weighted by molar-refractivity contribution is -0.333. The van der Waals surface area contributed by atoms with Gasteiger partial charge in [-0.2, -0.15) is 0 Å². The Kier molecular flexibility index (Phi) is 1.70. The summed E-state index contributed by atoms with van der Waals surface area (Å²) in [6.07, 6.45) is 2.00. The summed E-state index contributed by atoms with van der Waals surface area (Å²) in [6.45, 7) is 6.43. The molecule has 0 aromatic carbocycles. The normalized spacial score (nSPS) is 25.4. The van der Waals surface area contributed by atoms with Crippen LogP contribution in [0.1, 0.15) is 20.8 Å². The number of hydrogen-bond donors (Lipinski definition) is 1. The Labute approximate surface area is 60.8 Å².